The zero-order valence-electron chi connectivity index (χ0n) is 11.1. The highest BCUT2D eigenvalue weighted by Crippen LogP contribution is 2.33. The summed E-state index contributed by atoms with van der Waals surface area (Å²) < 4.78 is 0. The Bertz CT molecular complexity index is 798. The first-order valence-electron chi connectivity index (χ1n) is 6.49. The van der Waals surface area contributed by atoms with E-state index in [9.17, 15) is 9.90 Å². The van der Waals surface area contributed by atoms with E-state index in [2.05, 4.69) is 0 Å². The molecule has 0 unspecified atom stereocenters. The highest BCUT2D eigenvalue weighted by molar-refractivity contribution is 6.04. The molecule has 0 aliphatic heterocycles. The molecule has 0 radical (unpaired) electrons. The second-order valence-corrected chi connectivity index (χ2v) is 4.83. The van der Waals surface area contributed by atoms with Gasteiger partial charge in [0, 0.05) is 0 Å². The van der Waals surface area contributed by atoms with Gasteiger partial charge in [-0.15, -0.1) is 0 Å². The van der Waals surface area contributed by atoms with E-state index in [4.69, 9.17) is 0 Å². The predicted molar refractivity (Wildman–Crippen MR) is 81.1 cm³/mol. The largest absolute Gasteiger partial charge is 0.478 e. The summed E-state index contributed by atoms with van der Waals surface area (Å²) in [5.74, 6) is -0.892. The van der Waals surface area contributed by atoms with Crippen molar-refractivity contribution >= 4 is 16.7 Å². The molecule has 0 heterocycles. The number of benzene rings is 3. The minimum Gasteiger partial charge on any atom is -0.478 e. The second-order valence-electron chi connectivity index (χ2n) is 4.83. The SMILES string of the molecule is Cc1cccc(C(=O)O)c1-c1cccc2ccccc12. The average Bonchev–Trinajstić information content (AvgIpc) is 2.46. The van der Waals surface area contributed by atoms with Gasteiger partial charge in [0.25, 0.3) is 0 Å². The summed E-state index contributed by atoms with van der Waals surface area (Å²) in [6.45, 7) is 1.95. The third kappa shape index (κ3) is 1.95. The molecule has 2 heteroatoms. The van der Waals surface area contributed by atoms with Crippen LogP contribution in [0.15, 0.2) is 60.7 Å². The molecule has 20 heavy (non-hydrogen) atoms. The van der Waals surface area contributed by atoms with Crippen molar-refractivity contribution in [1.29, 1.82) is 0 Å². The van der Waals surface area contributed by atoms with E-state index in [1.165, 1.54) is 0 Å². The number of carboxylic acids is 1. The molecule has 1 N–H and O–H groups in total. The number of carboxylic acid groups (broad SMARTS) is 1. The Labute approximate surface area is 117 Å². The van der Waals surface area contributed by atoms with Gasteiger partial charge in [0.2, 0.25) is 0 Å². The fraction of sp³-hybridized carbons (Fsp3) is 0.0556. The molecule has 0 fully saturated rings. The minimum atomic E-state index is -0.892. The van der Waals surface area contributed by atoms with Crippen molar-refractivity contribution in [3.05, 3.63) is 71.8 Å². The van der Waals surface area contributed by atoms with Crippen molar-refractivity contribution in [1.82, 2.24) is 0 Å². The molecule has 0 bridgehead atoms. The van der Waals surface area contributed by atoms with Crippen LogP contribution in [0.25, 0.3) is 21.9 Å². The lowest BCUT2D eigenvalue weighted by Gasteiger charge is -2.12. The highest BCUT2D eigenvalue weighted by Gasteiger charge is 2.15. The number of aromatic carboxylic acids is 1. The fourth-order valence-electron chi connectivity index (χ4n) is 2.65. The molecule has 3 rings (SSSR count). The van der Waals surface area contributed by atoms with E-state index in [1.54, 1.807) is 12.1 Å². The Balaban J connectivity index is 2.40. The molecule has 98 valence electrons. The Morgan fingerprint density at radius 3 is 2.40 bits per heavy atom. The quantitative estimate of drug-likeness (QED) is 0.737. The van der Waals surface area contributed by atoms with Crippen LogP contribution >= 0.6 is 0 Å². The normalized spacial score (nSPS) is 10.7. The van der Waals surface area contributed by atoms with Crippen molar-refractivity contribution in [3.63, 3.8) is 0 Å². The summed E-state index contributed by atoms with van der Waals surface area (Å²) in [6.07, 6.45) is 0. The molecule has 0 spiro atoms. The molecule has 2 nitrogen and oxygen atoms in total. The zero-order valence-corrected chi connectivity index (χ0v) is 11.1. The van der Waals surface area contributed by atoms with Gasteiger partial charge >= 0.3 is 5.97 Å². The molecule has 0 aliphatic rings. The summed E-state index contributed by atoms with van der Waals surface area (Å²) >= 11 is 0. The molecule has 0 aliphatic carbocycles. The molecule has 0 amide bonds. The van der Waals surface area contributed by atoms with Crippen molar-refractivity contribution in [2.24, 2.45) is 0 Å². The predicted octanol–water partition coefficient (Wildman–Crippen LogP) is 4.51. The lowest BCUT2D eigenvalue weighted by Crippen LogP contribution is -2.01. The van der Waals surface area contributed by atoms with Crippen LogP contribution in [0, 0.1) is 6.92 Å². The second kappa shape index (κ2) is 4.82. The molecule has 0 saturated carbocycles. The number of hydrogen-bond acceptors (Lipinski definition) is 1. The van der Waals surface area contributed by atoms with E-state index < -0.39 is 5.97 Å². The van der Waals surface area contributed by atoms with Gasteiger partial charge in [0.15, 0.2) is 0 Å². The van der Waals surface area contributed by atoms with Gasteiger partial charge in [0.1, 0.15) is 0 Å². The third-order valence-electron chi connectivity index (χ3n) is 3.56. The first-order valence-corrected chi connectivity index (χ1v) is 6.49. The van der Waals surface area contributed by atoms with Crippen LogP contribution < -0.4 is 0 Å². The molecule has 0 atom stereocenters. The lowest BCUT2D eigenvalue weighted by molar-refractivity contribution is 0.0697. The lowest BCUT2D eigenvalue weighted by atomic mass is 9.91. The van der Waals surface area contributed by atoms with Gasteiger partial charge in [-0.05, 0) is 40.5 Å². The van der Waals surface area contributed by atoms with Gasteiger partial charge in [-0.1, -0.05) is 54.6 Å². The van der Waals surface area contributed by atoms with Crippen LogP contribution in [0.2, 0.25) is 0 Å². The molecular formula is C18H14O2. The minimum absolute atomic E-state index is 0.348. The van der Waals surface area contributed by atoms with Gasteiger partial charge in [-0.3, -0.25) is 0 Å². The van der Waals surface area contributed by atoms with Gasteiger partial charge < -0.3 is 5.11 Å². The summed E-state index contributed by atoms with van der Waals surface area (Å²) in [5, 5.41) is 11.6. The monoisotopic (exact) mass is 262 g/mol. The van der Waals surface area contributed by atoms with E-state index in [-0.39, 0.29) is 0 Å². The van der Waals surface area contributed by atoms with Crippen molar-refractivity contribution < 1.29 is 9.90 Å². The molecule has 0 aromatic heterocycles. The first-order chi connectivity index (χ1) is 9.68. The smallest absolute Gasteiger partial charge is 0.336 e. The maximum atomic E-state index is 11.5. The van der Waals surface area contributed by atoms with E-state index in [0.29, 0.717) is 5.56 Å². The van der Waals surface area contributed by atoms with Gasteiger partial charge in [0.05, 0.1) is 5.56 Å². The number of hydrogen-bond donors (Lipinski definition) is 1. The first kappa shape index (κ1) is 12.4. The Hall–Kier alpha value is -2.61. The van der Waals surface area contributed by atoms with Crippen LogP contribution in [0.1, 0.15) is 15.9 Å². The maximum Gasteiger partial charge on any atom is 0.336 e. The molecule has 0 saturated heterocycles. The van der Waals surface area contributed by atoms with Crippen LogP contribution in [0.3, 0.4) is 0 Å². The summed E-state index contributed by atoms with van der Waals surface area (Å²) in [5.41, 5.74) is 3.10. The van der Waals surface area contributed by atoms with Crippen molar-refractivity contribution in [3.8, 4) is 11.1 Å². The van der Waals surface area contributed by atoms with Gasteiger partial charge in [-0.2, -0.15) is 0 Å². The Kier molecular flexibility index (Phi) is 2.99. The zero-order chi connectivity index (χ0) is 14.1. The Morgan fingerprint density at radius 2 is 1.60 bits per heavy atom. The van der Waals surface area contributed by atoms with Crippen LogP contribution in [0.4, 0.5) is 0 Å². The molecule has 3 aromatic carbocycles. The number of rotatable bonds is 2. The average molecular weight is 262 g/mol. The molecular weight excluding hydrogens is 248 g/mol. The summed E-state index contributed by atoms with van der Waals surface area (Å²) in [7, 11) is 0. The van der Waals surface area contributed by atoms with Crippen LogP contribution in [-0.4, -0.2) is 11.1 Å². The van der Waals surface area contributed by atoms with Crippen LogP contribution in [-0.2, 0) is 0 Å². The Morgan fingerprint density at radius 1 is 0.900 bits per heavy atom. The highest BCUT2D eigenvalue weighted by atomic mass is 16.4. The number of carbonyl (C=O) groups is 1. The van der Waals surface area contributed by atoms with E-state index >= 15 is 0 Å². The third-order valence-corrected chi connectivity index (χ3v) is 3.56. The van der Waals surface area contributed by atoms with Crippen molar-refractivity contribution in [2.45, 2.75) is 6.92 Å². The van der Waals surface area contributed by atoms with E-state index in [1.807, 2.05) is 55.5 Å². The van der Waals surface area contributed by atoms with E-state index in [0.717, 1.165) is 27.5 Å². The standard InChI is InChI=1S/C18H14O2/c1-12-6-4-11-16(18(19)20)17(12)15-10-5-8-13-7-2-3-9-14(13)15/h2-11H,1H3,(H,19,20). The molecule has 3 aromatic rings. The topological polar surface area (TPSA) is 37.3 Å². The van der Waals surface area contributed by atoms with Gasteiger partial charge in [-0.25, -0.2) is 4.79 Å². The fourth-order valence-corrected chi connectivity index (χ4v) is 2.65. The number of aryl methyl sites for hydroxylation is 1. The number of fused-ring (bicyclic) bond motifs is 1. The summed E-state index contributed by atoms with van der Waals surface area (Å²) in [4.78, 5) is 11.5. The summed E-state index contributed by atoms with van der Waals surface area (Å²) in [6, 6.07) is 19.4. The van der Waals surface area contributed by atoms with Crippen LogP contribution in [0.5, 0.6) is 0 Å². The maximum absolute atomic E-state index is 11.5. The van der Waals surface area contributed by atoms with Crippen molar-refractivity contribution in [2.75, 3.05) is 0 Å².